The lowest BCUT2D eigenvalue weighted by atomic mass is 9.89. The minimum atomic E-state index is 0.581. The number of rotatable bonds is 2. The molecule has 0 bridgehead atoms. The van der Waals surface area contributed by atoms with Gasteiger partial charge >= 0.3 is 0 Å². The Balaban J connectivity index is 1.86. The van der Waals surface area contributed by atoms with Crippen LogP contribution in [-0.4, -0.2) is 30.2 Å². The van der Waals surface area contributed by atoms with E-state index in [2.05, 4.69) is 35.7 Å². The molecule has 1 atom stereocenters. The van der Waals surface area contributed by atoms with Gasteiger partial charge in [-0.15, -0.1) is 6.58 Å². The maximum Gasteiger partial charge on any atom is 0.0668 e. The number of nitrogens with zero attached hydrogens (tertiary/aromatic N) is 2. The molecule has 1 aromatic rings. The quantitative estimate of drug-likeness (QED) is 0.688. The number of aliphatic imine (C=N–C) groups is 1. The molecule has 1 aromatic carbocycles. The Bertz CT molecular complexity index is 448. The second-order valence-electron chi connectivity index (χ2n) is 4.53. The third-order valence-corrected chi connectivity index (χ3v) is 3.49. The molecule has 2 aliphatic rings. The number of para-hydroxylation sites is 1. The fraction of sp³-hybridized carbons (Fsp3) is 0.357. The average molecular weight is 212 g/mol. The first kappa shape index (κ1) is 9.79. The van der Waals surface area contributed by atoms with E-state index >= 15 is 0 Å². The second kappa shape index (κ2) is 3.87. The summed E-state index contributed by atoms with van der Waals surface area (Å²) in [5.74, 6) is 0.581. The smallest absolute Gasteiger partial charge is 0.0668 e. The maximum atomic E-state index is 4.75. The van der Waals surface area contributed by atoms with Gasteiger partial charge in [0.05, 0.1) is 5.69 Å². The summed E-state index contributed by atoms with van der Waals surface area (Å²) in [6.45, 7) is 6.93. The van der Waals surface area contributed by atoms with Crippen molar-refractivity contribution in [2.24, 2.45) is 4.99 Å². The number of hydrogen-bond donors (Lipinski definition) is 0. The number of hydrogen-bond acceptors (Lipinski definition) is 2. The van der Waals surface area contributed by atoms with Crippen LogP contribution in [0.15, 0.2) is 41.9 Å². The van der Waals surface area contributed by atoms with E-state index in [0.717, 1.165) is 19.6 Å². The first-order chi connectivity index (χ1) is 7.88. The average Bonchev–Trinajstić information content (AvgIpc) is 2.67. The number of likely N-dealkylation sites (tertiary alicyclic amines) is 1. The molecule has 2 heteroatoms. The van der Waals surface area contributed by atoms with Crippen molar-refractivity contribution >= 4 is 11.4 Å². The van der Waals surface area contributed by atoms with Gasteiger partial charge in [-0.25, -0.2) is 0 Å². The van der Waals surface area contributed by atoms with E-state index < -0.39 is 0 Å². The fourth-order valence-corrected chi connectivity index (χ4v) is 2.72. The van der Waals surface area contributed by atoms with Crippen LogP contribution in [0.4, 0.5) is 5.69 Å². The largest absolute Gasteiger partial charge is 0.294 e. The van der Waals surface area contributed by atoms with Gasteiger partial charge < -0.3 is 0 Å². The van der Waals surface area contributed by atoms with E-state index in [-0.39, 0.29) is 0 Å². The zero-order valence-corrected chi connectivity index (χ0v) is 9.39. The molecule has 1 saturated heterocycles. The molecule has 1 fully saturated rings. The van der Waals surface area contributed by atoms with Crippen LogP contribution in [0.1, 0.15) is 17.9 Å². The highest BCUT2D eigenvalue weighted by atomic mass is 15.1. The molecule has 2 nitrogen and oxygen atoms in total. The molecule has 0 spiro atoms. The molecule has 0 amide bonds. The van der Waals surface area contributed by atoms with Crippen molar-refractivity contribution in [2.45, 2.75) is 12.3 Å². The van der Waals surface area contributed by atoms with Crippen LogP contribution in [0.5, 0.6) is 0 Å². The summed E-state index contributed by atoms with van der Waals surface area (Å²) in [5, 5.41) is 0. The zero-order valence-electron chi connectivity index (χ0n) is 9.39. The first-order valence-corrected chi connectivity index (χ1v) is 5.88. The highest BCUT2D eigenvalue weighted by molar-refractivity contribution is 6.00. The SMILES string of the molecule is C=CCN1CCC2C(=Nc3ccccc32)C1. The van der Waals surface area contributed by atoms with E-state index in [4.69, 9.17) is 4.99 Å². The molecule has 0 aliphatic carbocycles. The van der Waals surface area contributed by atoms with Crippen LogP contribution in [0.2, 0.25) is 0 Å². The summed E-state index contributed by atoms with van der Waals surface area (Å²) in [4.78, 5) is 7.16. The van der Waals surface area contributed by atoms with Crippen LogP contribution in [0.3, 0.4) is 0 Å². The number of benzene rings is 1. The zero-order chi connectivity index (χ0) is 11.0. The Hall–Kier alpha value is -1.41. The van der Waals surface area contributed by atoms with E-state index in [9.17, 15) is 0 Å². The fourth-order valence-electron chi connectivity index (χ4n) is 2.72. The summed E-state index contributed by atoms with van der Waals surface area (Å²) in [5.41, 5.74) is 3.95. The van der Waals surface area contributed by atoms with Crippen LogP contribution in [0.25, 0.3) is 0 Å². The van der Waals surface area contributed by atoms with Gasteiger partial charge in [0.2, 0.25) is 0 Å². The van der Waals surface area contributed by atoms with E-state index in [0.29, 0.717) is 5.92 Å². The number of fused-ring (bicyclic) bond motifs is 3. The normalized spacial score (nSPS) is 23.5. The topological polar surface area (TPSA) is 15.6 Å². The van der Waals surface area contributed by atoms with Crippen LogP contribution < -0.4 is 0 Å². The van der Waals surface area contributed by atoms with Crippen molar-refractivity contribution in [3.8, 4) is 0 Å². The molecule has 2 heterocycles. The lowest BCUT2D eigenvalue weighted by Crippen LogP contribution is -2.38. The molecule has 16 heavy (non-hydrogen) atoms. The van der Waals surface area contributed by atoms with Gasteiger partial charge in [0, 0.05) is 24.7 Å². The second-order valence-corrected chi connectivity index (χ2v) is 4.53. The van der Waals surface area contributed by atoms with Crippen molar-refractivity contribution in [3.05, 3.63) is 42.5 Å². The van der Waals surface area contributed by atoms with Crippen LogP contribution in [-0.2, 0) is 0 Å². The van der Waals surface area contributed by atoms with Gasteiger partial charge in [0.15, 0.2) is 0 Å². The standard InChI is InChI=1S/C14H16N2/c1-2-8-16-9-7-12-11-5-3-4-6-13(11)15-14(12)10-16/h2-6,12H,1,7-10H2. The Morgan fingerprint density at radius 2 is 2.31 bits per heavy atom. The third-order valence-electron chi connectivity index (χ3n) is 3.49. The summed E-state index contributed by atoms with van der Waals surface area (Å²) >= 11 is 0. The Morgan fingerprint density at radius 1 is 1.44 bits per heavy atom. The molecule has 82 valence electrons. The molecule has 0 radical (unpaired) electrons. The van der Waals surface area contributed by atoms with E-state index in [1.54, 1.807) is 0 Å². The highest BCUT2D eigenvalue weighted by Gasteiger charge is 2.31. The molecule has 2 aliphatic heterocycles. The van der Waals surface area contributed by atoms with Crippen LogP contribution in [0, 0.1) is 0 Å². The minimum Gasteiger partial charge on any atom is -0.294 e. The van der Waals surface area contributed by atoms with Crippen LogP contribution >= 0.6 is 0 Å². The lowest BCUT2D eigenvalue weighted by molar-refractivity contribution is 0.313. The van der Waals surface area contributed by atoms with E-state index in [1.807, 2.05) is 6.08 Å². The lowest BCUT2D eigenvalue weighted by Gasteiger charge is -2.30. The predicted octanol–water partition coefficient (Wildman–Crippen LogP) is 2.75. The molecule has 3 rings (SSSR count). The number of piperidine rings is 1. The van der Waals surface area contributed by atoms with Gasteiger partial charge in [-0.1, -0.05) is 24.3 Å². The van der Waals surface area contributed by atoms with Crippen molar-refractivity contribution in [2.75, 3.05) is 19.6 Å². The predicted molar refractivity (Wildman–Crippen MR) is 67.5 cm³/mol. The third kappa shape index (κ3) is 1.50. The van der Waals surface area contributed by atoms with Gasteiger partial charge in [0.1, 0.15) is 0 Å². The Morgan fingerprint density at radius 3 is 3.19 bits per heavy atom. The monoisotopic (exact) mass is 212 g/mol. The minimum absolute atomic E-state index is 0.581. The molecule has 0 N–H and O–H groups in total. The summed E-state index contributed by atoms with van der Waals surface area (Å²) in [7, 11) is 0. The molecule has 0 aromatic heterocycles. The molecular weight excluding hydrogens is 196 g/mol. The summed E-state index contributed by atoms with van der Waals surface area (Å²) < 4.78 is 0. The molecule has 0 saturated carbocycles. The summed E-state index contributed by atoms with van der Waals surface area (Å²) in [6, 6.07) is 8.54. The van der Waals surface area contributed by atoms with Crippen molar-refractivity contribution in [3.63, 3.8) is 0 Å². The van der Waals surface area contributed by atoms with Crippen molar-refractivity contribution < 1.29 is 0 Å². The van der Waals surface area contributed by atoms with Gasteiger partial charge in [0.25, 0.3) is 0 Å². The summed E-state index contributed by atoms with van der Waals surface area (Å²) in [6.07, 6.45) is 3.17. The molecule has 1 unspecified atom stereocenters. The van der Waals surface area contributed by atoms with E-state index in [1.165, 1.54) is 23.4 Å². The van der Waals surface area contributed by atoms with Gasteiger partial charge in [-0.05, 0) is 24.6 Å². The van der Waals surface area contributed by atoms with Crippen molar-refractivity contribution in [1.82, 2.24) is 4.90 Å². The van der Waals surface area contributed by atoms with Gasteiger partial charge in [-0.3, -0.25) is 9.89 Å². The highest BCUT2D eigenvalue weighted by Crippen LogP contribution is 2.39. The molecular formula is C14H16N2. The Labute approximate surface area is 96.3 Å². The van der Waals surface area contributed by atoms with Crippen molar-refractivity contribution in [1.29, 1.82) is 0 Å². The Kier molecular flexibility index (Phi) is 2.37. The van der Waals surface area contributed by atoms with Gasteiger partial charge in [-0.2, -0.15) is 0 Å². The maximum absolute atomic E-state index is 4.75. The first-order valence-electron chi connectivity index (χ1n) is 5.88.